The number of hydrogen-bond donors (Lipinski definition) is 1. The zero-order valence-electron chi connectivity index (χ0n) is 17.1. The number of carbonyl (C=O) groups excluding carboxylic acids is 1. The topological polar surface area (TPSA) is 51.2 Å². The van der Waals surface area contributed by atoms with Gasteiger partial charge < -0.3 is 10.1 Å². The van der Waals surface area contributed by atoms with Gasteiger partial charge in [-0.3, -0.25) is 9.78 Å². The van der Waals surface area contributed by atoms with Crippen LogP contribution in [0.25, 0.3) is 0 Å². The molecule has 0 saturated heterocycles. The van der Waals surface area contributed by atoms with Crippen molar-refractivity contribution in [1.29, 1.82) is 0 Å². The Bertz CT molecular complexity index is 902. The summed E-state index contributed by atoms with van der Waals surface area (Å²) in [7, 11) is 1.57. The summed E-state index contributed by atoms with van der Waals surface area (Å²) in [4.78, 5) is 17.2. The molecule has 0 bridgehead atoms. The highest BCUT2D eigenvalue weighted by Crippen LogP contribution is 2.33. The van der Waals surface area contributed by atoms with E-state index in [2.05, 4.69) is 10.3 Å². The van der Waals surface area contributed by atoms with Crippen molar-refractivity contribution in [2.45, 2.75) is 53.1 Å². The number of anilines is 1. The molecule has 0 radical (unpaired) electrons. The van der Waals surface area contributed by atoms with Crippen molar-refractivity contribution in [3.05, 3.63) is 50.8 Å². The summed E-state index contributed by atoms with van der Waals surface area (Å²) in [6, 6.07) is 3.65. The van der Waals surface area contributed by atoms with Gasteiger partial charge in [-0.15, -0.1) is 0 Å². The van der Waals surface area contributed by atoms with Gasteiger partial charge in [-0.05, 0) is 49.9 Å². The van der Waals surface area contributed by atoms with Crippen molar-refractivity contribution >= 4 is 23.2 Å². The first-order valence-corrected chi connectivity index (χ1v) is 9.63. The van der Waals surface area contributed by atoms with E-state index in [0.29, 0.717) is 24.3 Å². The number of halogens is 4. The van der Waals surface area contributed by atoms with E-state index < -0.39 is 18.5 Å². The van der Waals surface area contributed by atoms with E-state index in [9.17, 15) is 18.0 Å². The van der Waals surface area contributed by atoms with E-state index in [1.54, 1.807) is 14.0 Å². The van der Waals surface area contributed by atoms with Gasteiger partial charge in [-0.25, -0.2) is 0 Å². The molecule has 0 fully saturated rings. The molecule has 4 nitrogen and oxygen atoms in total. The summed E-state index contributed by atoms with van der Waals surface area (Å²) in [6.45, 7) is 6.89. The number of rotatable bonds is 6. The van der Waals surface area contributed by atoms with Crippen molar-refractivity contribution < 1.29 is 22.7 Å². The zero-order chi connectivity index (χ0) is 21.9. The predicted octanol–water partition coefficient (Wildman–Crippen LogP) is 5.84. The monoisotopic (exact) mass is 428 g/mol. The molecule has 1 aromatic carbocycles. The number of alkyl halides is 3. The van der Waals surface area contributed by atoms with E-state index in [4.69, 9.17) is 16.3 Å². The number of ether oxygens (including phenoxy) is 1. The molecule has 1 N–H and O–H groups in total. The number of nitrogens with zero attached hydrogens (tertiary/aromatic N) is 1. The first-order valence-electron chi connectivity index (χ1n) is 9.25. The van der Waals surface area contributed by atoms with Gasteiger partial charge in [0.1, 0.15) is 5.75 Å². The molecular formula is C21H24ClF3N2O2. The Morgan fingerprint density at radius 2 is 1.69 bits per heavy atom. The fraction of sp³-hybridized carbons (Fsp3) is 0.429. The van der Waals surface area contributed by atoms with Gasteiger partial charge in [0, 0.05) is 16.9 Å². The quantitative estimate of drug-likeness (QED) is 0.628. The van der Waals surface area contributed by atoms with Gasteiger partial charge in [0.2, 0.25) is 0 Å². The fourth-order valence-corrected chi connectivity index (χ4v) is 3.69. The lowest BCUT2D eigenvalue weighted by Crippen LogP contribution is -2.20. The first-order chi connectivity index (χ1) is 13.5. The Balaban J connectivity index is 2.53. The van der Waals surface area contributed by atoms with Crippen LogP contribution in [0.2, 0.25) is 5.02 Å². The second kappa shape index (κ2) is 9.03. The van der Waals surface area contributed by atoms with E-state index >= 15 is 0 Å². The molecule has 0 atom stereocenters. The van der Waals surface area contributed by atoms with Crippen LogP contribution in [-0.4, -0.2) is 24.2 Å². The van der Waals surface area contributed by atoms with Crippen molar-refractivity contribution in [3.8, 4) is 5.75 Å². The SMILES string of the molecule is CCc1cc(OC)cc(CC)c1NC(=O)c1c(C)nc(C)c(CC(F)(F)F)c1Cl. The summed E-state index contributed by atoms with van der Waals surface area (Å²) in [5, 5.41) is 2.63. The van der Waals surface area contributed by atoms with Crippen LogP contribution in [-0.2, 0) is 19.3 Å². The second-order valence-corrected chi connectivity index (χ2v) is 7.10. The third-order valence-electron chi connectivity index (χ3n) is 4.73. The number of aromatic nitrogens is 1. The average Bonchev–Trinajstić information content (AvgIpc) is 2.64. The van der Waals surface area contributed by atoms with Crippen LogP contribution in [0.15, 0.2) is 12.1 Å². The Hall–Kier alpha value is -2.28. The maximum atomic E-state index is 13.0. The molecule has 8 heteroatoms. The summed E-state index contributed by atoms with van der Waals surface area (Å²) in [5.74, 6) is 0.0911. The maximum Gasteiger partial charge on any atom is 0.393 e. The zero-order valence-corrected chi connectivity index (χ0v) is 17.8. The molecule has 1 amide bonds. The lowest BCUT2D eigenvalue weighted by molar-refractivity contribution is -0.127. The second-order valence-electron chi connectivity index (χ2n) is 6.72. The van der Waals surface area contributed by atoms with Gasteiger partial charge in [0.15, 0.2) is 0 Å². The number of pyridine rings is 1. The highest BCUT2D eigenvalue weighted by atomic mass is 35.5. The molecule has 0 aliphatic heterocycles. The summed E-state index contributed by atoms with van der Waals surface area (Å²) in [5.41, 5.74) is 2.55. The standard InChI is InChI=1S/C21H24ClF3N2O2/c1-6-13-8-15(29-5)9-14(7-2)19(13)27-20(28)17-12(4)26-11(3)16(18(17)22)10-21(23,24)25/h8-9H,6-7,10H2,1-5H3,(H,27,28). The van der Waals surface area contributed by atoms with Crippen molar-refractivity contribution in [3.63, 3.8) is 0 Å². The van der Waals surface area contributed by atoms with Crippen LogP contribution in [0.4, 0.5) is 18.9 Å². The van der Waals surface area contributed by atoms with Crippen LogP contribution >= 0.6 is 11.6 Å². The van der Waals surface area contributed by atoms with Crippen LogP contribution in [0, 0.1) is 13.8 Å². The molecule has 0 unspecified atom stereocenters. The number of aryl methyl sites for hydroxylation is 4. The van der Waals surface area contributed by atoms with E-state index in [1.165, 1.54) is 6.92 Å². The predicted molar refractivity (Wildman–Crippen MR) is 108 cm³/mol. The molecule has 158 valence electrons. The molecule has 1 heterocycles. The van der Waals surface area contributed by atoms with Crippen LogP contribution in [0.3, 0.4) is 0 Å². The van der Waals surface area contributed by atoms with Gasteiger partial charge in [-0.2, -0.15) is 13.2 Å². The molecule has 2 rings (SSSR count). The number of amides is 1. The van der Waals surface area contributed by atoms with Gasteiger partial charge >= 0.3 is 6.18 Å². The van der Waals surface area contributed by atoms with Gasteiger partial charge in [-0.1, -0.05) is 25.4 Å². The van der Waals surface area contributed by atoms with Crippen molar-refractivity contribution in [1.82, 2.24) is 4.98 Å². The number of hydrogen-bond acceptors (Lipinski definition) is 3. The Kier molecular flexibility index (Phi) is 7.16. The van der Waals surface area contributed by atoms with E-state index in [0.717, 1.165) is 11.1 Å². The fourth-order valence-electron chi connectivity index (χ4n) is 3.26. The van der Waals surface area contributed by atoms with Crippen LogP contribution < -0.4 is 10.1 Å². The van der Waals surface area contributed by atoms with E-state index in [1.807, 2.05) is 26.0 Å². The third kappa shape index (κ3) is 5.21. The van der Waals surface area contributed by atoms with E-state index in [-0.39, 0.29) is 27.5 Å². The summed E-state index contributed by atoms with van der Waals surface area (Å²) in [6.07, 6.45) is -4.43. The highest BCUT2D eigenvalue weighted by molar-refractivity contribution is 6.35. The Labute approximate surface area is 173 Å². The number of carbonyl (C=O) groups is 1. The summed E-state index contributed by atoms with van der Waals surface area (Å²) < 4.78 is 44.2. The molecule has 0 aliphatic rings. The average molecular weight is 429 g/mol. The molecule has 29 heavy (non-hydrogen) atoms. The van der Waals surface area contributed by atoms with Gasteiger partial charge in [0.25, 0.3) is 5.91 Å². The highest BCUT2D eigenvalue weighted by Gasteiger charge is 2.32. The van der Waals surface area contributed by atoms with Crippen LogP contribution in [0.1, 0.15) is 52.3 Å². The molecule has 0 spiro atoms. The third-order valence-corrected chi connectivity index (χ3v) is 5.15. The largest absolute Gasteiger partial charge is 0.497 e. The molecule has 2 aromatic rings. The maximum absolute atomic E-state index is 13.0. The number of nitrogens with one attached hydrogen (secondary N) is 1. The summed E-state index contributed by atoms with van der Waals surface area (Å²) >= 11 is 6.26. The Morgan fingerprint density at radius 3 is 2.14 bits per heavy atom. The lowest BCUT2D eigenvalue weighted by atomic mass is 10.0. The molecule has 0 aliphatic carbocycles. The van der Waals surface area contributed by atoms with Crippen LogP contribution in [0.5, 0.6) is 5.75 Å². The first kappa shape index (κ1) is 23.0. The van der Waals surface area contributed by atoms with Crippen molar-refractivity contribution in [2.24, 2.45) is 0 Å². The Morgan fingerprint density at radius 1 is 1.14 bits per heavy atom. The lowest BCUT2D eigenvalue weighted by Gasteiger charge is -2.19. The number of methoxy groups -OCH3 is 1. The van der Waals surface area contributed by atoms with Gasteiger partial charge in [0.05, 0.1) is 29.8 Å². The molecular weight excluding hydrogens is 405 g/mol. The molecule has 1 aromatic heterocycles. The normalized spacial score (nSPS) is 11.5. The number of benzene rings is 1. The van der Waals surface area contributed by atoms with Crippen molar-refractivity contribution in [2.75, 3.05) is 12.4 Å². The minimum atomic E-state index is -4.46. The minimum absolute atomic E-state index is 0.0450. The smallest absolute Gasteiger partial charge is 0.393 e. The minimum Gasteiger partial charge on any atom is -0.497 e. The molecule has 0 saturated carbocycles.